The van der Waals surface area contributed by atoms with Gasteiger partial charge < -0.3 is 9.26 Å². The molecular weight excluding hydrogens is 251 g/mol. The fraction of sp³-hybridized carbons (Fsp3) is 0.200. The number of halogens is 2. The molecule has 0 aliphatic rings. The third-order valence-corrected chi connectivity index (χ3v) is 2.37. The van der Waals surface area contributed by atoms with Crippen molar-refractivity contribution in [2.45, 2.75) is 13.5 Å². The Labute approximate surface area is 102 Å². The summed E-state index contributed by atoms with van der Waals surface area (Å²) in [6, 6.07) is 4.99. The second-order valence-electron chi connectivity index (χ2n) is 3.09. The number of ether oxygens (including phenoxy) is 1. The average Bonchev–Trinajstić information content (AvgIpc) is 2.66. The first-order valence-electron chi connectivity index (χ1n) is 4.52. The van der Waals surface area contributed by atoms with Crippen LogP contribution in [0.4, 0.5) is 0 Å². The lowest BCUT2D eigenvalue weighted by molar-refractivity contribution is 0.286. The van der Waals surface area contributed by atoms with Crippen molar-refractivity contribution < 1.29 is 9.26 Å². The summed E-state index contributed by atoms with van der Waals surface area (Å²) in [7, 11) is 0. The molecule has 84 valence electrons. The van der Waals surface area contributed by atoms with E-state index >= 15 is 0 Å². The van der Waals surface area contributed by atoms with Crippen LogP contribution in [0.1, 0.15) is 11.7 Å². The van der Waals surface area contributed by atoms with E-state index in [-0.39, 0.29) is 6.61 Å². The Hall–Kier alpha value is -1.26. The van der Waals surface area contributed by atoms with Crippen molar-refractivity contribution in [3.05, 3.63) is 40.0 Å². The van der Waals surface area contributed by atoms with Crippen LogP contribution >= 0.6 is 23.2 Å². The molecule has 0 radical (unpaired) electrons. The lowest BCUT2D eigenvalue weighted by Crippen LogP contribution is -1.98. The van der Waals surface area contributed by atoms with Crippen molar-refractivity contribution in [2.24, 2.45) is 0 Å². The van der Waals surface area contributed by atoms with E-state index in [2.05, 4.69) is 10.1 Å². The first-order valence-corrected chi connectivity index (χ1v) is 5.28. The molecule has 0 saturated carbocycles. The molecule has 0 spiro atoms. The van der Waals surface area contributed by atoms with E-state index in [1.807, 2.05) is 0 Å². The predicted molar refractivity (Wildman–Crippen MR) is 59.8 cm³/mol. The van der Waals surface area contributed by atoms with E-state index in [0.29, 0.717) is 27.5 Å². The highest BCUT2D eigenvalue weighted by Gasteiger charge is 2.06. The van der Waals surface area contributed by atoms with Crippen LogP contribution < -0.4 is 4.74 Å². The number of aromatic nitrogens is 2. The first kappa shape index (κ1) is 11.2. The summed E-state index contributed by atoms with van der Waals surface area (Å²) >= 11 is 11.7. The molecule has 0 saturated heterocycles. The van der Waals surface area contributed by atoms with Crippen LogP contribution in [0.25, 0.3) is 0 Å². The molecule has 0 bridgehead atoms. The zero-order valence-corrected chi connectivity index (χ0v) is 9.92. The minimum Gasteiger partial charge on any atom is -0.484 e. The van der Waals surface area contributed by atoms with E-state index in [1.165, 1.54) is 0 Å². The SMILES string of the molecule is Cc1nc(COc2cc(Cl)ccc2Cl)no1. The third kappa shape index (κ3) is 2.65. The van der Waals surface area contributed by atoms with Gasteiger partial charge in [-0.05, 0) is 12.1 Å². The molecule has 0 amide bonds. The number of rotatable bonds is 3. The summed E-state index contributed by atoms with van der Waals surface area (Å²) in [6.45, 7) is 1.90. The van der Waals surface area contributed by atoms with Crippen LogP contribution in [0.3, 0.4) is 0 Å². The van der Waals surface area contributed by atoms with Crippen molar-refractivity contribution in [1.82, 2.24) is 10.1 Å². The molecule has 0 aliphatic carbocycles. The van der Waals surface area contributed by atoms with Crippen LogP contribution in [0.5, 0.6) is 5.75 Å². The lowest BCUT2D eigenvalue weighted by atomic mass is 10.3. The van der Waals surface area contributed by atoms with Crippen molar-refractivity contribution in [3.63, 3.8) is 0 Å². The quantitative estimate of drug-likeness (QED) is 0.848. The fourth-order valence-electron chi connectivity index (χ4n) is 1.13. The Bertz CT molecular complexity index is 499. The van der Waals surface area contributed by atoms with Gasteiger partial charge in [-0.1, -0.05) is 28.4 Å². The minimum absolute atomic E-state index is 0.192. The minimum atomic E-state index is 0.192. The van der Waals surface area contributed by atoms with Crippen LogP contribution in [0.2, 0.25) is 10.0 Å². The standard InChI is InChI=1S/C10H8Cl2N2O2/c1-6-13-10(14-16-6)5-15-9-4-7(11)2-3-8(9)12/h2-4H,5H2,1H3. The highest BCUT2D eigenvalue weighted by molar-refractivity contribution is 6.34. The van der Waals surface area contributed by atoms with Crippen LogP contribution in [-0.2, 0) is 6.61 Å². The highest BCUT2D eigenvalue weighted by atomic mass is 35.5. The largest absolute Gasteiger partial charge is 0.484 e. The Morgan fingerprint density at radius 1 is 1.38 bits per heavy atom. The summed E-state index contributed by atoms with van der Waals surface area (Å²) in [5, 5.41) is 4.75. The summed E-state index contributed by atoms with van der Waals surface area (Å²) in [6.07, 6.45) is 0. The molecule has 1 aromatic carbocycles. The van der Waals surface area contributed by atoms with Crippen LogP contribution in [0, 0.1) is 6.92 Å². The van der Waals surface area contributed by atoms with Crippen molar-refractivity contribution in [2.75, 3.05) is 0 Å². The van der Waals surface area contributed by atoms with Gasteiger partial charge in [0.2, 0.25) is 11.7 Å². The van der Waals surface area contributed by atoms with E-state index in [9.17, 15) is 0 Å². The maximum absolute atomic E-state index is 5.92. The van der Waals surface area contributed by atoms with Gasteiger partial charge in [-0.25, -0.2) is 0 Å². The van der Waals surface area contributed by atoms with Gasteiger partial charge in [0, 0.05) is 18.0 Å². The molecule has 6 heteroatoms. The molecule has 4 nitrogen and oxygen atoms in total. The van der Waals surface area contributed by atoms with E-state index in [0.717, 1.165) is 0 Å². The Kier molecular flexibility index (Phi) is 3.31. The summed E-state index contributed by atoms with van der Waals surface area (Å²) in [4.78, 5) is 4.00. The van der Waals surface area contributed by atoms with Gasteiger partial charge in [-0.15, -0.1) is 0 Å². The van der Waals surface area contributed by atoms with Crippen LogP contribution in [0.15, 0.2) is 22.7 Å². The first-order chi connectivity index (χ1) is 7.65. The molecule has 0 aliphatic heterocycles. The molecule has 1 aromatic heterocycles. The molecule has 0 unspecified atom stereocenters. The second kappa shape index (κ2) is 4.72. The summed E-state index contributed by atoms with van der Waals surface area (Å²) < 4.78 is 10.2. The zero-order chi connectivity index (χ0) is 11.5. The van der Waals surface area contributed by atoms with Crippen molar-refractivity contribution >= 4 is 23.2 Å². The van der Waals surface area contributed by atoms with Gasteiger partial charge in [-0.3, -0.25) is 0 Å². The van der Waals surface area contributed by atoms with E-state index < -0.39 is 0 Å². The molecule has 16 heavy (non-hydrogen) atoms. The van der Waals surface area contributed by atoms with Crippen LogP contribution in [-0.4, -0.2) is 10.1 Å². The number of aryl methyl sites for hydroxylation is 1. The smallest absolute Gasteiger partial charge is 0.223 e. The van der Waals surface area contributed by atoms with Gasteiger partial charge in [0.05, 0.1) is 5.02 Å². The fourth-order valence-corrected chi connectivity index (χ4v) is 1.46. The van der Waals surface area contributed by atoms with Gasteiger partial charge >= 0.3 is 0 Å². The number of benzene rings is 1. The van der Waals surface area contributed by atoms with Gasteiger partial charge in [0.15, 0.2) is 6.61 Å². The Morgan fingerprint density at radius 3 is 2.88 bits per heavy atom. The number of hydrogen-bond donors (Lipinski definition) is 0. The van der Waals surface area contributed by atoms with Gasteiger partial charge in [-0.2, -0.15) is 4.98 Å². The normalized spacial score (nSPS) is 10.4. The molecule has 2 rings (SSSR count). The van der Waals surface area contributed by atoms with E-state index in [1.54, 1.807) is 25.1 Å². The molecular formula is C10H8Cl2N2O2. The number of nitrogens with zero attached hydrogens (tertiary/aromatic N) is 2. The van der Waals surface area contributed by atoms with Gasteiger partial charge in [0.1, 0.15) is 5.75 Å². The third-order valence-electron chi connectivity index (χ3n) is 1.82. The zero-order valence-electron chi connectivity index (χ0n) is 8.41. The lowest BCUT2D eigenvalue weighted by Gasteiger charge is -2.05. The summed E-state index contributed by atoms with van der Waals surface area (Å²) in [5.41, 5.74) is 0. The summed E-state index contributed by atoms with van der Waals surface area (Å²) in [5.74, 6) is 1.46. The molecule has 0 N–H and O–H groups in total. The molecule has 1 heterocycles. The number of hydrogen-bond acceptors (Lipinski definition) is 4. The average molecular weight is 259 g/mol. The predicted octanol–water partition coefficient (Wildman–Crippen LogP) is 3.26. The molecule has 0 atom stereocenters. The van der Waals surface area contributed by atoms with Gasteiger partial charge in [0.25, 0.3) is 0 Å². The monoisotopic (exact) mass is 258 g/mol. The highest BCUT2D eigenvalue weighted by Crippen LogP contribution is 2.28. The topological polar surface area (TPSA) is 48.2 Å². The van der Waals surface area contributed by atoms with Crippen molar-refractivity contribution in [3.8, 4) is 5.75 Å². The van der Waals surface area contributed by atoms with Crippen molar-refractivity contribution in [1.29, 1.82) is 0 Å². The molecule has 2 aromatic rings. The Balaban J connectivity index is 2.07. The van der Waals surface area contributed by atoms with E-state index in [4.69, 9.17) is 32.5 Å². The Morgan fingerprint density at radius 2 is 2.19 bits per heavy atom. The second-order valence-corrected chi connectivity index (χ2v) is 3.94. The maximum atomic E-state index is 5.92. The molecule has 0 fully saturated rings. The maximum Gasteiger partial charge on any atom is 0.223 e.